The zero-order valence-corrected chi connectivity index (χ0v) is 8.76. The van der Waals surface area contributed by atoms with Crippen molar-refractivity contribution >= 4 is 11.6 Å². The Balaban J connectivity index is 2.18. The van der Waals surface area contributed by atoms with E-state index in [1.807, 2.05) is 0 Å². The molecule has 0 bridgehead atoms. The van der Waals surface area contributed by atoms with Crippen LogP contribution in [0.1, 0.15) is 24.4 Å². The third-order valence-corrected chi connectivity index (χ3v) is 2.68. The number of hydrogen-bond donors (Lipinski definition) is 1. The lowest BCUT2D eigenvalue weighted by Crippen LogP contribution is -2.21. The van der Waals surface area contributed by atoms with Crippen LogP contribution in [0, 0.1) is 17.1 Å². The Bertz CT molecular complexity index is 410. The van der Waals surface area contributed by atoms with Crippen LogP contribution in [0.5, 0.6) is 0 Å². The normalized spacial score (nSPS) is 17.1. The third-order valence-electron chi connectivity index (χ3n) is 2.39. The number of benzene rings is 1. The largest absolute Gasteiger partial charge is 0.295 e. The molecule has 0 aromatic heterocycles. The van der Waals surface area contributed by atoms with Gasteiger partial charge in [-0.05, 0) is 30.5 Å². The van der Waals surface area contributed by atoms with E-state index in [0.717, 1.165) is 18.4 Å². The Labute approximate surface area is 92.7 Å². The minimum absolute atomic E-state index is 0.0605. The lowest BCUT2D eigenvalue weighted by Gasteiger charge is -2.11. The molecular weight excluding hydrogens is 215 g/mol. The number of rotatable bonds is 3. The van der Waals surface area contributed by atoms with Gasteiger partial charge in [0.15, 0.2) is 0 Å². The molecule has 0 aliphatic heterocycles. The predicted molar refractivity (Wildman–Crippen MR) is 55.9 cm³/mol. The van der Waals surface area contributed by atoms with Crippen molar-refractivity contribution < 1.29 is 4.39 Å². The Morgan fingerprint density at radius 1 is 1.53 bits per heavy atom. The standard InChI is InChI=1S/C11H10ClFN2/c12-9-5-7(1-4-10(9)13)11(6-14)15-8-2-3-8/h1,4-5,8,11,15H,2-3H2. The van der Waals surface area contributed by atoms with Crippen LogP contribution in [0.3, 0.4) is 0 Å². The first-order valence-electron chi connectivity index (χ1n) is 4.81. The molecule has 78 valence electrons. The number of hydrogen-bond acceptors (Lipinski definition) is 2. The Morgan fingerprint density at radius 2 is 2.27 bits per heavy atom. The molecular formula is C11H10ClFN2. The van der Waals surface area contributed by atoms with Crippen LogP contribution in [0.15, 0.2) is 18.2 Å². The van der Waals surface area contributed by atoms with Crippen molar-refractivity contribution in [2.24, 2.45) is 0 Å². The first-order chi connectivity index (χ1) is 7.20. The summed E-state index contributed by atoms with van der Waals surface area (Å²) in [6.07, 6.45) is 2.21. The molecule has 1 fully saturated rings. The van der Waals surface area contributed by atoms with Gasteiger partial charge in [-0.25, -0.2) is 4.39 Å². The van der Waals surface area contributed by atoms with Gasteiger partial charge in [-0.1, -0.05) is 17.7 Å². The summed E-state index contributed by atoms with van der Waals surface area (Å²) in [5.74, 6) is -0.455. The summed E-state index contributed by atoms with van der Waals surface area (Å²) in [5, 5.41) is 12.2. The summed E-state index contributed by atoms with van der Waals surface area (Å²) in [6, 6.07) is 6.56. The first-order valence-corrected chi connectivity index (χ1v) is 5.19. The quantitative estimate of drug-likeness (QED) is 0.857. The molecule has 0 heterocycles. The zero-order valence-electron chi connectivity index (χ0n) is 8.00. The maximum absolute atomic E-state index is 12.9. The van der Waals surface area contributed by atoms with E-state index in [1.165, 1.54) is 12.1 Å². The smallest absolute Gasteiger partial charge is 0.141 e. The minimum Gasteiger partial charge on any atom is -0.295 e. The van der Waals surface area contributed by atoms with E-state index >= 15 is 0 Å². The van der Waals surface area contributed by atoms with Crippen molar-refractivity contribution in [3.05, 3.63) is 34.6 Å². The summed E-state index contributed by atoms with van der Waals surface area (Å²) in [7, 11) is 0. The van der Waals surface area contributed by atoms with Crippen molar-refractivity contribution in [2.75, 3.05) is 0 Å². The number of nitriles is 1. The zero-order chi connectivity index (χ0) is 10.8. The predicted octanol–water partition coefficient (Wildman–Crippen LogP) is 2.80. The molecule has 1 atom stereocenters. The molecule has 2 nitrogen and oxygen atoms in total. The van der Waals surface area contributed by atoms with Crippen LogP contribution >= 0.6 is 11.6 Å². The van der Waals surface area contributed by atoms with Crippen LogP contribution < -0.4 is 5.32 Å². The van der Waals surface area contributed by atoms with E-state index in [2.05, 4.69) is 11.4 Å². The van der Waals surface area contributed by atoms with Gasteiger partial charge in [0.1, 0.15) is 11.9 Å². The first kappa shape index (κ1) is 10.4. The molecule has 15 heavy (non-hydrogen) atoms. The highest BCUT2D eigenvalue weighted by Gasteiger charge is 2.25. The summed E-state index contributed by atoms with van der Waals surface area (Å²) in [6.45, 7) is 0. The van der Waals surface area contributed by atoms with Crippen molar-refractivity contribution in [3.63, 3.8) is 0 Å². The lowest BCUT2D eigenvalue weighted by atomic mass is 10.1. The van der Waals surface area contributed by atoms with Crippen LogP contribution in [-0.4, -0.2) is 6.04 Å². The monoisotopic (exact) mass is 224 g/mol. The summed E-state index contributed by atoms with van der Waals surface area (Å²) >= 11 is 5.65. The highest BCUT2D eigenvalue weighted by Crippen LogP contribution is 2.26. The molecule has 0 radical (unpaired) electrons. The molecule has 2 rings (SSSR count). The Kier molecular flexibility index (Phi) is 2.90. The van der Waals surface area contributed by atoms with E-state index < -0.39 is 11.9 Å². The van der Waals surface area contributed by atoms with Crippen molar-refractivity contribution in [2.45, 2.75) is 24.9 Å². The van der Waals surface area contributed by atoms with Gasteiger partial charge in [-0.15, -0.1) is 0 Å². The average Bonchev–Trinajstić information content (AvgIpc) is 3.02. The van der Waals surface area contributed by atoms with Crippen molar-refractivity contribution in [1.29, 1.82) is 5.26 Å². The summed E-state index contributed by atoms with van der Waals surface area (Å²) in [4.78, 5) is 0. The fourth-order valence-electron chi connectivity index (χ4n) is 1.39. The van der Waals surface area contributed by atoms with Gasteiger partial charge in [0.05, 0.1) is 11.1 Å². The molecule has 1 unspecified atom stereocenters. The van der Waals surface area contributed by atoms with E-state index in [9.17, 15) is 4.39 Å². The van der Waals surface area contributed by atoms with Gasteiger partial charge in [-0.3, -0.25) is 5.32 Å². The van der Waals surface area contributed by atoms with Gasteiger partial charge in [-0.2, -0.15) is 5.26 Å². The summed E-state index contributed by atoms with van der Waals surface area (Å²) in [5.41, 5.74) is 0.718. The number of nitrogens with zero attached hydrogens (tertiary/aromatic N) is 1. The highest BCUT2D eigenvalue weighted by molar-refractivity contribution is 6.30. The molecule has 4 heteroatoms. The summed E-state index contributed by atoms with van der Waals surface area (Å²) < 4.78 is 12.9. The number of halogens is 2. The Hall–Kier alpha value is -1.11. The van der Waals surface area contributed by atoms with Crippen molar-refractivity contribution in [1.82, 2.24) is 5.32 Å². The molecule has 0 amide bonds. The minimum atomic E-state index is -0.455. The molecule has 1 aliphatic carbocycles. The second-order valence-electron chi connectivity index (χ2n) is 3.68. The Morgan fingerprint density at radius 3 is 2.80 bits per heavy atom. The molecule has 0 saturated heterocycles. The maximum atomic E-state index is 12.9. The van der Waals surface area contributed by atoms with Gasteiger partial charge >= 0.3 is 0 Å². The maximum Gasteiger partial charge on any atom is 0.141 e. The molecule has 1 aliphatic rings. The SMILES string of the molecule is N#CC(NC1CC1)c1ccc(F)c(Cl)c1. The fraction of sp³-hybridized carbons (Fsp3) is 0.364. The van der Waals surface area contributed by atoms with Crippen LogP contribution in [0.25, 0.3) is 0 Å². The average molecular weight is 225 g/mol. The van der Waals surface area contributed by atoms with Crippen LogP contribution in [0.2, 0.25) is 5.02 Å². The van der Waals surface area contributed by atoms with Gasteiger partial charge in [0.25, 0.3) is 0 Å². The van der Waals surface area contributed by atoms with Crippen LogP contribution in [0.4, 0.5) is 4.39 Å². The van der Waals surface area contributed by atoms with Gasteiger partial charge in [0, 0.05) is 6.04 Å². The lowest BCUT2D eigenvalue weighted by molar-refractivity contribution is 0.612. The van der Waals surface area contributed by atoms with Crippen molar-refractivity contribution in [3.8, 4) is 6.07 Å². The van der Waals surface area contributed by atoms with Gasteiger partial charge < -0.3 is 0 Å². The van der Waals surface area contributed by atoms with Crippen LogP contribution in [-0.2, 0) is 0 Å². The van der Waals surface area contributed by atoms with E-state index in [1.54, 1.807) is 6.07 Å². The topological polar surface area (TPSA) is 35.8 Å². The molecule has 0 spiro atoms. The highest BCUT2D eigenvalue weighted by atomic mass is 35.5. The fourth-order valence-corrected chi connectivity index (χ4v) is 1.57. The second kappa shape index (κ2) is 4.18. The second-order valence-corrected chi connectivity index (χ2v) is 4.08. The third kappa shape index (κ3) is 2.47. The van der Waals surface area contributed by atoms with Gasteiger partial charge in [0.2, 0.25) is 0 Å². The van der Waals surface area contributed by atoms with E-state index in [4.69, 9.17) is 16.9 Å². The molecule has 1 N–H and O–H groups in total. The van der Waals surface area contributed by atoms with E-state index in [-0.39, 0.29) is 5.02 Å². The van der Waals surface area contributed by atoms with E-state index in [0.29, 0.717) is 6.04 Å². The molecule has 1 aromatic rings. The molecule has 1 aromatic carbocycles. The molecule has 1 saturated carbocycles. The number of nitrogens with one attached hydrogen (secondary N) is 1.